The quantitative estimate of drug-likeness (QED) is 0.175. The van der Waals surface area contributed by atoms with Crippen LogP contribution in [-0.2, 0) is 23.1 Å². The molecule has 0 bridgehead atoms. The van der Waals surface area contributed by atoms with Crippen molar-refractivity contribution in [1.29, 1.82) is 0 Å². The van der Waals surface area contributed by atoms with Gasteiger partial charge in [-0.2, -0.15) is 4.31 Å². The van der Waals surface area contributed by atoms with Crippen molar-refractivity contribution < 1.29 is 40.4 Å². The number of benzene rings is 2. The second kappa shape index (κ2) is 9.60. The van der Waals surface area contributed by atoms with E-state index < -0.39 is 63.0 Å². The predicted octanol–water partition coefficient (Wildman–Crippen LogP) is 3.29. The zero-order valence-electron chi connectivity index (χ0n) is 16.4. The molecule has 0 aliphatic carbocycles. The fourth-order valence-electron chi connectivity index (χ4n) is 2.89. The van der Waals surface area contributed by atoms with Crippen LogP contribution < -0.4 is 5.48 Å². The predicted molar refractivity (Wildman–Crippen MR) is 103 cm³/mol. The van der Waals surface area contributed by atoms with E-state index in [0.29, 0.717) is 9.87 Å². The molecule has 3 aromatic rings. The minimum atomic E-state index is -5.25. The van der Waals surface area contributed by atoms with E-state index in [1.165, 1.54) is 54.3 Å². The molecule has 0 atom stereocenters. The second-order valence-electron chi connectivity index (χ2n) is 6.67. The maximum atomic E-state index is 14.3. The molecule has 2 N–H and O–H groups in total. The van der Waals surface area contributed by atoms with Crippen molar-refractivity contribution in [2.24, 2.45) is 0 Å². The van der Waals surface area contributed by atoms with Gasteiger partial charge in [-0.25, -0.2) is 35.8 Å². The summed E-state index contributed by atoms with van der Waals surface area (Å²) < 4.78 is 96.1. The zero-order chi connectivity index (χ0) is 24.3. The van der Waals surface area contributed by atoms with Crippen LogP contribution in [0.25, 0.3) is 0 Å². The van der Waals surface area contributed by atoms with Gasteiger partial charge < -0.3 is 0 Å². The Bertz CT molecular complexity index is 1260. The molecular formula is C20H14F5N3O4S. The van der Waals surface area contributed by atoms with Crippen LogP contribution in [0, 0.1) is 29.1 Å². The van der Waals surface area contributed by atoms with Crippen molar-refractivity contribution in [3.05, 3.63) is 94.6 Å². The Balaban J connectivity index is 2.09. The number of halogens is 5. The number of amides is 1. The molecule has 0 fully saturated rings. The first-order valence-electron chi connectivity index (χ1n) is 9.01. The summed E-state index contributed by atoms with van der Waals surface area (Å²) >= 11 is 0. The molecule has 1 heterocycles. The average Bonchev–Trinajstić information content (AvgIpc) is 2.81. The van der Waals surface area contributed by atoms with Crippen molar-refractivity contribution in [1.82, 2.24) is 14.8 Å². The van der Waals surface area contributed by atoms with Gasteiger partial charge in [-0.3, -0.25) is 15.0 Å². The van der Waals surface area contributed by atoms with Crippen molar-refractivity contribution >= 4 is 15.9 Å². The Morgan fingerprint density at radius 1 is 0.818 bits per heavy atom. The van der Waals surface area contributed by atoms with Gasteiger partial charge in [0.05, 0.1) is 0 Å². The molecule has 0 saturated carbocycles. The molecule has 3 rings (SSSR count). The lowest BCUT2D eigenvalue weighted by Crippen LogP contribution is -2.32. The fraction of sp³-hybridized carbons (Fsp3) is 0.100. The van der Waals surface area contributed by atoms with Gasteiger partial charge in [-0.1, -0.05) is 12.1 Å². The van der Waals surface area contributed by atoms with Gasteiger partial charge in [0.25, 0.3) is 5.91 Å². The molecule has 0 spiro atoms. The van der Waals surface area contributed by atoms with Crippen LogP contribution in [0.5, 0.6) is 0 Å². The summed E-state index contributed by atoms with van der Waals surface area (Å²) in [6.07, 6.45) is 2.64. The van der Waals surface area contributed by atoms with E-state index in [2.05, 4.69) is 4.98 Å². The number of hydrogen-bond acceptors (Lipinski definition) is 5. The van der Waals surface area contributed by atoms with Gasteiger partial charge in [0.2, 0.25) is 15.8 Å². The Morgan fingerprint density at radius 2 is 1.27 bits per heavy atom. The van der Waals surface area contributed by atoms with Crippen molar-refractivity contribution in [3.8, 4) is 0 Å². The first-order chi connectivity index (χ1) is 15.6. The highest BCUT2D eigenvalue weighted by molar-refractivity contribution is 7.89. The number of carbonyl (C=O) groups excluding carboxylic acids is 1. The first-order valence-corrected chi connectivity index (χ1v) is 10.5. The minimum Gasteiger partial charge on any atom is -0.288 e. The highest BCUT2D eigenvalue weighted by atomic mass is 32.2. The van der Waals surface area contributed by atoms with E-state index in [-0.39, 0.29) is 11.1 Å². The summed E-state index contributed by atoms with van der Waals surface area (Å²) in [7, 11) is -5.25. The van der Waals surface area contributed by atoms with Crippen LogP contribution in [0.2, 0.25) is 0 Å². The monoisotopic (exact) mass is 487 g/mol. The normalized spacial score (nSPS) is 11.6. The van der Waals surface area contributed by atoms with E-state index in [1.807, 2.05) is 0 Å². The van der Waals surface area contributed by atoms with Crippen LogP contribution in [-0.4, -0.2) is 28.8 Å². The summed E-state index contributed by atoms with van der Waals surface area (Å²) in [5, 5.41) is 8.66. The van der Waals surface area contributed by atoms with Gasteiger partial charge in [0.15, 0.2) is 28.2 Å². The Kier molecular flexibility index (Phi) is 7.05. The molecule has 0 aliphatic heterocycles. The summed E-state index contributed by atoms with van der Waals surface area (Å²) in [6.45, 7) is -1.05. The first kappa shape index (κ1) is 24.2. The Labute approximate surface area is 184 Å². The lowest BCUT2D eigenvalue weighted by atomic mass is 10.1. The molecule has 0 unspecified atom stereocenters. The Hall–Kier alpha value is -3.42. The van der Waals surface area contributed by atoms with Crippen LogP contribution in [0.15, 0.2) is 53.7 Å². The summed E-state index contributed by atoms with van der Waals surface area (Å²) in [6, 6.07) is 7.84. The average molecular weight is 487 g/mol. The topological polar surface area (TPSA) is 99.6 Å². The van der Waals surface area contributed by atoms with Gasteiger partial charge >= 0.3 is 0 Å². The number of aromatic nitrogens is 1. The summed E-state index contributed by atoms with van der Waals surface area (Å²) in [5.41, 5.74) is 1.96. The molecule has 13 heteroatoms. The third-order valence-corrected chi connectivity index (χ3v) is 6.36. The maximum absolute atomic E-state index is 14.3. The SMILES string of the molecule is O=C(NO)c1ccc(CN(Cc2ccncc2)S(=O)(=O)c2c(F)c(F)c(F)c(F)c2F)cc1. The number of rotatable bonds is 7. The van der Waals surface area contributed by atoms with Crippen LogP contribution >= 0.6 is 0 Å². The van der Waals surface area contributed by atoms with Crippen LogP contribution in [0.3, 0.4) is 0 Å². The van der Waals surface area contributed by atoms with Gasteiger partial charge in [0, 0.05) is 31.0 Å². The number of hydrogen-bond donors (Lipinski definition) is 2. The second-order valence-corrected chi connectivity index (χ2v) is 8.54. The lowest BCUT2D eigenvalue weighted by molar-refractivity contribution is 0.0706. The highest BCUT2D eigenvalue weighted by Gasteiger charge is 2.37. The largest absolute Gasteiger partial charge is 0.288 e. The van der Waals surface area contributed by atoms with E-state index in [4.69, 9.17) is 5.21 Å². The van der Waals surface area contributed by atoms with E-state index in [0.717, 1.165) is 0 Å². The highest BCUT2D eigenvalue weighted by Crippen LogP contribution is 2.30. The van der Waals surface area contributed by atoms with Crippen molar-refractivity contribution in [3.63, 3.8) is 0 Å². The molecule has 7 nitrogen and oxygen atoms in total. The lowest BCUT2D eigenvalue weighted by Gasteiger charge is -2.23. The van der Waals surface area contributed by atoms with Crippen molar-refractivity contribution in [2.75, 3.05) is 0 Å². The number of sulfonamides is 1. The minimum absolute atomic E-state index is 0.0181. The molecule has 1 amide bonds. The molecule has 0 aliphatic rings. The molecular weight excluding hydrogens is 473 g/mol. The summed E-state index contributed by atoms with van der Waals surface area (Å²) in [4.78, 5) is 13.2. The molecule has 1 aromatic heterocycles. The smallest absolute Gasteiger partial charge is 0.274 e. The molecule has 0 radical (unpaired) electrons. The fourth-order valence-corrected chi connectivity index (χ4v) is 4.42. The van der Waals surface area contributed by atoms with Gasteiger partial charge in [-0.15, -0.1) is 0 Å². The third kappa shape index (κ3) is 4.84. The molecule has 174 valence electrons. The van der Waals surface area contributed by atoms with Crippen LogP contribution in [0.4, 0.5) is 22.0 Å². The van der Waals surface area contributed by atoms with Gasteiger partial charge in [0.1, 0.15) is 0 Å². The number of carbonyl (C=O) groups is 1. The zero-order valence-corrected chi connectivity index (χ0v) is 17.2. The Morgan fingerprint density at radius 3 is 1.76 bits per heavy atom. The van der Waals surface area contributed by atoms with E-state index >= 15 is 0 Å². The van der Waals surface area contributed by atoms with Crippen molar-refractivity contribution in [2.45, 2.75) is 18.0 Å². The number of nitrogens with one attached hydrogen (secondary N) is 1. The number of pyridine rings is 1. The summed E-state index contributed by atoms with van der Waals surface area (Å²) in [5.74, 6) is -13.1. The van der Waals surface area contributed by atoms with E-state index in [1.54, 1.807) is 0 Å². The van der Waals surface area contributed by atoms with Crippen LogP contribution in [0.1, 0.15) is 21.5 Å². The van der Waals surface area contributed by atoms with Gasteiger partial charge in [-0.05, 0) is 35.4 Å². The standard InChI is InChI=1S/C20H14F5N3O4S/c21-14-15(22)17(24)19(18(25)16(14)23)33(31,32)28(10-12-5-7-26-8-6-12)9-11-1-3-13(4-2-11)20(29)27-30/h1-8,30H,9-10H2,(H,27,29). The maximum Gasteiger partial charge on any atom is 0.274 e. The third-order valence-electron chi connectivity index (χ3n) is 4.55. The van der Waals surface area contributed by atoms with E-state index in [9.17, 15) is 35.2 Å². The molecule has 2 aromatic carbocycles. The number of hydroxylamine groups is 1. The molecule has 33 heavy (non-hydrogen) atoms. The molecule has 0 saturated heterocycles. The number of nitrogens with zero attached hydrogens (tertiary/aromatic N) is 2.